The van der Waals surface area contributed by atoms with Gasteiger partial charge in [-0.1, -0.05) is 42.5 Å². The summed E-state index contributed by atoms with van der Waals surface area (Å²) >= 11 is 4.20. The quantitative estimate of drug-likeness (QED) is 0.658. The van der Waals surface area contributed by atoms with E-state index in [1.807, 2.05) is 40.9 Å². The summed E-state index contributed by atoms with van der Waals surface area (Å²) in [7, 11) is 0. The molecule has 114 valence electrons. The minimum Gasteiger partial charge on any atom is -0.338 e. The van der Waals surface area contributed by atoms with Gasteiger partial charge in [0.1, 0.15) is 0 Å². The zero-order valence-electron chi connectivity index (χ0n) is 12.2. The Morgan fingerprint density at radius 1 is 1.05 bits per heavy atom. The number of halogens is 1. The first-order valence-electron chi connectivity index (χ1n) is 7.46. The molecular formula is C18H18INOS. The summed E-state index contributed by atoms with van der Waals surface area (Å²) in [6.45, 7) is 1.66. The van der Waals surface area contributed by atoms with Gasteiger partial charge in [-0.2, -0.15) is 11.8 Å². The van der Waals surface area contributed by atoms with Crippen LogP contribution in [0.1, 0.15) is 27.6 Å². The maximum Gasteiger partial charge on any atom is 0.254 e. The minimum absolute atomic E-state index is 0.166. The highest BCUT2D eigenvalue weighted by molar-refractivity contribution is 14.1. The zero-order chi connectivity index (χ0) is 15.4. The van der Waals surface area contributed by atoms with Crippen LogP contribution in [-0.4, -0.2) is 29.6 Å². The van der Waals surface area contributed by atoms with E-state index in [1.54, 1.807) is 0 Å². The van der Waals surface area contributed by atoms with Crippen molar-refractivity contribution < 1.29 is 4.79 Å². The van der Waals surface area contributed by atoms with Gasteiger partial charge in [0.2, 0.25) is 0 Å². The molecule has 4 heteroatoms. The van der Waals surface area contributed by atoms with Crippen LogP contribution in [0, 0.1) is 3.57 Å². The summed E-state index contributed by atoms with van der Waals surface area (Å²) < 4.78 is 1.03. The molecule has 22 heavy (non-hydrogen) atoms. The first-order chi connectivity index (χ1) is 10.8. The van der Waals surface area contributed by atoms with Crippen LogP contribution in [0.25, 0.3) is 0 Å². The van der Waals surface area contributed by atoms with Crippen LogP contribution in [0.15, 0.2) is 54.6 Å². The molecule has 3 rings (SSSR count). The van der Waals surface area contributed by atoms with Gasteiger partial charge in [0.25, 0.3) is 5.91 Å². The van der Waals surface area contributed by atoms with Gasteiger partial charge in [-0.15, -0.1) is 0 Å². The monoisotopic (exact) mass is 423 g/mol. The molecule has 0 saturated carbocycles. The highest BCUT2D eigenvalue weighted by Gasteiger charge is 2.23. The number of benzene rings is 2. The van der Waals surface area contributed by atoms with Crippen LogP contribution >= 0.6 is 34.4 Å². The summed E-state index contributed by atoms with van der Waals surface area (Å²) in [5.74, 6) is 1.16. The molecule has 1 fully saturated rings. The van der Waals surface area contributed by atoms with E-state index in [0.29, 0.717) is 5.25 Å². The Bertz CT molecular complexity index is 647. The molecule has 2 aromatic carbocycles. The van der Waals surface area contributed by atoms with E-state index in [9.17, 15) is 4.79 Å². The number of rotatable bonds is 2. The van der Waals surface area contributed by atoms with Crippen LogP contribution in [-0.2, 0) is 0 Å². The topological polar surface area (TPSA) is 20.3 Å². The fourth-order valence-corrected chi connectivity index (χ4v) is 4.56. The Balaban J connectivity index is 1.70. The van der Waals surface area contributed by atoms with E-state index >= 15 is 0 Å². The number of carbonyl (C=O) groups is 1. The highest BCUT2D eigenvalue weighted by Crippen LogP contribution is 2.34. The highest BCUT2D eigenvalue weighted by atomic mass is 127. The largest absolute Gasteiger partial charge is 0.338 e. The first kappa shape index (κ1) is 15.9. The maximum absolute atomic E-state index is 12.7. The Labute approximate surface area is 149 Å². The fourth-order valence-electron chi connectivity index (χ4n) is 2.71. The second-order valence-corrected chi connectivity index (χ2v) is 7.80. The van der Waals surface area contributed by atoms with Gasteiger partial charge in [0, 0.05) is 27.7 Å². The third kappa shape index (κ3) is 3.66. The fraction of sp³-hybridized carbons (Fsp3) is 0.278. The Morgan fingerprint density at radius 3 is 2.55 bits per heavy atom. The summed E-state index contributed by atoms with van der Waals surface area (Å²) in [6, 6.07) is 18.5. The zero-order valence-corrected chi connectivity index (χ0v) is 15.2. The van der Waals surface area contributed by atoms with E-state index in [0.717, 1.165) is 34.4 Å². The second kappa shape index (κ2) is 7.51. The Morgan fingerprint density at radius 2 is 1.77 bits per heavy atom. The average molecular weight is 423 g/mol. The van der Waals surface area contributed by atoms with E-state index in [2.05, 4.69) is 52.9 Å². The van der Waals surface area contributed by atoms with Crippen LogP contribution in [0.4, 0.5) is 0 Å². The van der Waals surface area contributed by atoms with Gasteiger partial charge in [0.05, 0.1) is 5.56 Å². The molecule has 0 spiro atoms. The van der Waals surface area contributed by atoms with Gasteiger partial charge >= 0.3 is 0 Å². The standard InChI is InChI=1S/C18H18INOS/c19-16-9-5-4-8-15(16)18(21)20-11-10-17(22-13-12-20)14-6-2-1-3-7-14/h1-9,17H,10-13H2. The van der Waals surface area contributed by atoms with E-state index in [-0.39, 0.29) is 5.91 Å². The first-order valence-corrected chi connectivity index (χ1v) is 9.59. The number of hydrogen-bond donors (Lipinski definition) is 0. The number of nitrogens with zero attached hydrogens (tertiary/aromatic N) is 1. The SMILES string of the molecule is O=C(c1ccccc1I)N1CCSC(c2ccccc2)CC1. The van der Waals surface area contributed by atoms with Crippen molar-refractivity contribution in [3.8, 4) is 0 Å². The molecule has 1 heterocycles. The van der Waals surface area contributed by atoms with Gasteiger partial charge in [-0.25, -0.2) is 0 Å². The molecule has 0 aliphatic carbocycles. The van der Waals surface area contributed by atoms with Crippen molar-refractivity contribution >= 4 is 40.3 Å². The van der Waals surface area contributed by atoms with Gasteiger partial charge in [-0.05, 0) is 46.7 Å². The molecule has 1 aliphatic heterocycles. The van der Waals surface area contributed by atoms with Crippen molar-refractivity contribution in [1.29, 1.82) is 0 Å². The molecule has 2 aromatic rings. The summed E-state index contributed by atoms with van der Waals surface area (Å²) in [6.07, 6.45) is 1.02. The van der Waals surface area contributed by atoms with Crippen molar-refractivity contribution in [3.63, 3.8) is 0 Å². The molecule has 2 nitrogen and oxygen atoms in total. The molecule has 1 saturated heterocycles. The molecule has 1 amide bonds. The lowest BCUT2D eigenvalue weighted by molar-refractivity contribution is 0.0765. The summed E-state index contributed by atoms with van der Waals surface area (Å²) in [5, 5.41) is 0.494. The number of thioether (sulfide) groups is 1. The van der Waals surface area contributed by atoms with E-state index < -0.39 is 0 Å². The second-order valence-electron chi connectivity index (χ2n) is 5.33. The lowest BCUT2D eigenvalue weighted by Crippen LogP contribution is -2.33. The molecule has 0 N–H and O–H groups in total. The molecule has 0 radical (unpaired) electrons. The van der Waals surface area contributed by atoms with Crippen molar-refractivity contribution in [2.75, 3.05) is 18.8 Å². The van der Waals surface area contributed by atoms with Crippen molar-refractivity contribution in [2.24, 2.45) is 0 Å². The van der Waals surface area contributed by atoms with Gasteiger partial charge in [-0.3, -0.25) is 4.79 Å². The average Bonchev–Trinajstić information content (AvgIpc) is 2.81. The lowest BCUT2D eigenvalue weighted by atomic mass is 10.1. The van der Waals surface area contributed by atoms with E-state index in [4.69, 9.17) is 0 Å². The minimum atomic E-state index is 0.166. The predicted octanol–water partition coefficient (Wildman–Crippen LogP) is 4.61. The van der Waals surface area contributed by atoms with E-state index in [1.165, 1.54) is 5.56 Å². The van der Waals surface area contributed by atoms with Gasteiger partial charge < -0.3 is 4.90 Å². The Kier molecular flexibility index (Phi) is 5.41. The number of carbonyl (C=O) groups excluding carboxylic acids is 1. The number of hydrogen-bond acceptors (Lipinski definition) is 2. The maximum atomic E-state index is 12.7. The smallest absolute Gasteiger partial charge is 0.254 e. The van der Waals surface area contributed by atoms with Gasteiger partial charge in [0.15, 0.2) is 0 Å². The molecule has 1 atom stereocenters. The van der Waals surface area contributed by atoms with Crippen molar-refractivity contribution in [3.05, 3.63) is 69.3 Å². The van der Waals surface area contributed by atoms with Crippen LogP contribution < -0.4 is 0 Å². The molecule has 0 aromatic heterocycles. The summed E-state index contributed by atoms with van der Waals surface area (Å²) in [5.41, 5.74) is 2.20. The van der Waals surface area contributed by atoms with Crippen LogP contribution in [0.2, 0.25) is 0 Å². The number of amides is 1. The molecule has 1 aliphatic rings. The third-order valence-corrected chi connectivity index (χ3v) is 6.17. The predicted molar refractivity (Wildman–Crippen MR) is 101 cm³/mol. The van der Waals surface area contributed by atoms with Crippen molar-refractivity contribution in [1.82, 2.24) is 4.90 Å². The molecule has 0 bridgehead atoms. The Hall–Kier alpha value is -1.01. The van der Waals surface area contributed by atoms with Crippen LogP contribution in [0.3, 0.4) is 0 Å². The summed E-state index contributed by atoms with van der Waals surface area (Å²) in [4.78, 5) is 14.7. The molecular weight excluding hydrogens is 405 g/mol. The van der Waals surface area contributed by atoms with Crippen molar-refractivity contribution in [2.45, 2.75) is 11.7 Å². The third-order valence-electron chi connectivity index (χ3n) is 3.90. The lowest BCUT2D eigenvalue weighted by Gasteiger charge is -2.21. The normalized spacial score (nSPS) is 18.8. The molecule has 1 unspecified atom stereocenters. The van der Waals surface area contributed by atoms with Crippen LogP contribution in [0.5, 0.6) is 0 Å².